The molecule has 3 aromatic carbocycles. The lowest BCUT2D eigenvalue weighted by Crippen LogP contribution is -2.24. The van der Waals surface area contributed by atoms with Crippen molar-refractivity contribution in [2.75, 3.05) is 0 Å². The highest BCUT2D eigenvalue weighted by Crippen LogP contribution is 2.20. The summed E-state index contributed by atoms with van der Waals surface area (Å²) >= 11 is 6.06. The van der Waals surface area contributed by atoms with E-state index < -0.39 is 0 Å². The Morgan fingerprint density at radius 3 is 2.55 bits per heavy atom. The molecule has 0 saturated heterocycles. The van der Waals surface area contributed by atoms with Crippen molar-refractivity contribution in [2.45, 2.75) is 13.0 Å². The Morgan fingerprint density at radius 1 is 0.897 bits per heavy atom. The number of aromatic amines is 1. The second-order valence-corrected chi connectivity index (χ2v) is 7.31. The summed E-state index contributed by atoms with van der Waals surface area (Å²) in [4.78, 5) is 25.9. The Kier molecular flexibility index (Phi) is 4.37. The van der Waals surface area contributed by atoms with Crippen LogP contribution in [0, 0.1) is 0 Å². The van der Waals surface area contributed by atoms with Crippen molar-refractivity contribution in [1.82, 2.24) is 19.5 Å². The van der Waals surface area contributed by atoms with E-state index in [1.165, 1.54) is 0 Å². The van der Waals surface area contributed by atoms with E-state index in [-0.39, 0.29) is 5.56 Å². The van der Waals surface area contributed by atoms with Crippen LogP contribution < -0.4 is 5.56 Å². The minimum absolute atomic E-state index is 0.0476. The second-order valence-electron chi connectivity index (χ2n) is 6.87. The van der Waals surface area contributed by atoms with E-state index in [1.54, 1.807) is 4.57 Å². The van der Waals surface area contributed by atoms with E-state index in [1.807, 2.05) is 72.8 Å². The second kappa shape index (κ2) is 7.18. The first kappa shape index (κ1) is 17.6. The van der Waals surface area contributed by atoms with E-state index >= 15 is 0 Å². The molecular weight excluding hydrogens is 384 g/mol. The molecule has 0 aliphatic heterocycles. The number of nitrogens with one attached hydrogen (secondary N) is 1. The zero-order valence-electron chi connectivity index (χ0n) is 15.5. The number of aryl methyl sites for hydroxylation is 1. The third-order valence-electron chi connectivity index (χ3n) is 4.96. The number of imidazole rings is 1. The van der Waals surface area contributed by atoms with Crippen molar-refractivity contribution in [3.8, 4) is 11.4 Å². The normalized spacial score (nSPS) is 11.3. The van der Waals surface area contributed by atoms with Gasteiger partial charge in [0.1, 0.15) is 11.6 Å². The van der Waals surface area contributed by atoms with Gasteiger partial charge in [0, 0.05) is 23.6 Å². The molecule has 142 valence electrons. The fourth-order valence-corrected chi connectivity index (χ4v) is 3.73. The SMILES string of the molecule is O=c1c2ccccc2nc(-c2ccccc2)n1CCc1nc2ccc(Cl)cc2[nH]1. The Morgan fingerprint density at radius 2 is 1.69 bits per heavy atom. The van der Waals surface area contributed by atoms with Crippen LogP contribution in [0.3, 0.4) is 0 Å². The summed E-state index contributed by atoms with van der Waals surface area (Å²) in [5, 5.41) is 1.28. The molecule has 0 unspecified atom stereocenters. The molecule has 2 heterocycles. The first-order valence-electron chi connectivity index (χ1n) is 9.38. The van der Waals surface area contributed by atoms with Crippen molar-refractivity contribution in [3.05, 3.63) is 94.0 Å². The van der Waals surface area contributed by atoms with Gasteiger partial charge in [-0.1, -0.05) is 54.1 Å². The summed E-state index contributed by atoms with van der Waals surface area (Å²) < 4.78 is 1.73. The molecule has 0 aliphatic carbocycles. The molecule has 0 atom stereocenters. The highest BCUT2D eigenvalue weighted by molar-refractivity contribution is 6.31. The van der Waals surface area contributed by atoms with Gasteiger partial charge in [-0.25, -0.2) is 9.97 Å². The summed E-state index contributed by atoms with van der Waals surface area (Å²) in [6, 6.07) is 22.8. The van der Waals surface area contributed by atoms with Crippen LogP contribution in [0.25, 0.3) is 33.3 Å². The molecular formula is C23H17ClN4O. The maximum absolute atomic E-state index is 13.2. The van der Waals surface area contributed by atoms with E-state index in [4.69, 9.17) is 16.6 Å². The smallest absolute Gasteiger partial charge is 0.261 e. The molecule has 0 amide bonds. The molecule has 0 spiro atoms. The Bertz CT molecular complexity index is 1390. The van der Waals surface area contributed by atoms with Gasteiger partial charge in [0.05, 0.1) is 21.9 Å². The van der Waals surface area contributed by atoms with Gasteiger partial charge in [-0.15, -0.1) is 0 Å². The van der Waals surface area contributed by atoms with Crippen molar-refractivity contribution < 1.29 is 0 Å². The number of rotatable bonds is 4. The van der Waals surface area contributed by atoms with Crippen molar-refractivity contribution >= 4 is 33.5 Å². The number of aromatic nitrogens is 4. The van der Waals surface area contributed by atoms with Crippen LogP contribution in [0.1, 0.15) is 5.82 Å². The lowest BCUT2D eigenvalue weighted by Gasteiger charge is -2.13. The van der Waals surface area contributed by atoms with E-state index in [2.05, 4.69) is 9.97 Å². The standard InChI is InChI=1S/C23H17ClN4O/c24-16-10-11-19-20(14-16)26-21(25-19)12-13-28-22(15-6-2-1-3-7-15)27-18-9-5-4-8-17(18)23(28)29/h1-11,14H,12-13H2,(H,25,26). The monoisotopic (exact) mass is 400 g/mol. The van der Waals surface area contributed by atoms with Gasteiger partial charge in [0.25, 0.3) is 5.56 Å². The van der Waals surface area contributed by atoms with Gasteiger partial charge >= 0.3 is 0 Å². The van der Waals surface area contributed by atoms with E-state index in [0.29, 0.717) is 34.7 Å². The first-order chi connectivity index (χ1) is 14.2. The Balaban J connectivity index is 1.59. The molecule has 0 fully saturated rings. The van der Waals surface area contributed by atoms with Crippen LogP contribution in [0.15, 0.2) is 77.6 Å². The molecule has 0 bridgehead atoms. The van der Waals surface area contributed by atoms with Crippen molar-refractivity contribution in [2.24, 2.45) is 0 Å². The van der Waals surface area contributed by atoms with Gasteiger partial charge < -0.3 is 4.98 Å². The van der Waals surface area contributed by atoms with Crippen molar-refractivity contribution in [1.29, 1.82) is 0 Å². The number of fused-ring (bicyclic) bond motifs is 2. The number of para-hydroxylation sites is 1. The first-order valence-corrected chi connectivity index (χ1v) is 9.76. The fourth-order valence-electron chi connectivity index (χ4n) is 3.55. The van der Waals surface area contributed by atoms with Crippen LogP contribution in [-0.4, -0.2) is 19.5 Å². The third kappa shape index (κ3) is 3.30. The largest absolute Gasteiger partial charge is 0.342 e. The lowest BCUT2D eigenvalue weighted by molar-refractivity contribution is 0.656. The van der Waals surface area contributed by atoms with Gasteiger partial charge in [0.2, 0.25) is 0 Å². The lowest BCUT2D eigenvalue weighted by atomic mass is 10.1. The van der Waals surface area contributed by atoms with Gasteiger partial charge in [0.15, 0.2) is 0 Å². The molecule has 29 heavy (non-hydrogen) atoms. The summed E-state index contributed by atoms with van der Waals surface area (Å²) in [5.41, 5.74) is 3.31. The molecule has 0 aliphatic rings. The van der Waals surface area contributed by atoms with E-state index in [9.17, 15) is 4.79 Å². The molecule has 5 rings (SSSR count). The maximum Gasteiger partial charge on any atom is 0.261 e. The zero-order chi connectivity index (χ0) is 19.8. The Hall–Kier alpha value is -3.44. The third-order valence-corrected chi connectivity index (χ3v) is 5.19. The number of hydrogen-bond donors (Lipinski definition) is 1. The molecule has 5 aromatic rings. The van der Waals surface area contributed by atoms with Crippen LogP contribution >= 0.6 is 11.6 Å². The maximum atomic E-state index is 13.2. The van der Waals surface area contributed by atoms with Crippen molar-refractivity contribution in [3.63, 3.8) is 0 Å². The molecule has 5 nitrogen and oxygen atoms in total. The molecule has 1 N–H and O–H groups in total. The molecule has 6 heteroatoms. The average molecular weight is 401 g/mol. The van der Waals surface area contributed by atoms with Gasteiger partial charge in [-0.2, -0.15) is 0 Å². The number of nitrogens with zero attached hydrogens (tertiary/aromatic N) is 3. The number of H-pyrrole nitrogens is 1. The van der Waals surface area contributed by atoms with Crippen LogP contribution in [-0.2, 0) is 13.0 Å². The molecule has 2 aromatic heterocycles. The summed E-state index contributed by atoms with van der Waals surface area (Å²) in [5.74, 6) is 1.47. The minimum atomic E-state index is -0.0476. The minimum Gasteiger partial charge on any atom is -0.342 e. The summed E-state index contributed by atoms with van der Waals surface area (Å²) in [6.07, 6.45) is 0.575. The van der Waals surface area contributed by atoms with Crippen LogP contribution in [0.4, 0.5) is 0 Å². The van der Waals surface area contributed by atoms with E-state index in [0.717, 1.165) is 22.4 Å². The number of benzene rings is 3. The molecule has 0 saturated carbocycles. The summed E-state index contributed by atoms with van der Waals surface area (Å²) in [6.45, 7) is 0.467. The van der Waals surface area contributed by atoms with Gasteiger partial charge in [-0.3, -0.25) is 9.36 Å². The van der Waals surface area contributed by atoms with Crippen LogP contribution in [0.2, 0.25) is 5.02 Å². The highest BCUT2D eigenvalue weighted by atomic mass is 35.5. The summed E-state index contributed by atoms with van der Waals surface area (Å²) in [7, 11) is 0. The quantitative estimate of drug-likeness (QED) is 0.469. The number of hydrogen-bond acceptors (Lipinski definition) is 3. The van der Waals surface area contributed by atoms with Gasteiger partial charge in [-0.05, 0) is 30.3 Å². The topological polar surface area (TPSA) is 63.6 Å². The zero-order valence-corrected chi connectivity index (χ0v) is 16.2. The predicted molar refractivity (Wildman–Crippen MR) is 116 cm³/mol. The number of halogens is 1. The fraction of sp³-hybridized carbons (Fsp3) is 0.0870. The molecule has 0 radical (unpaired) electrons. The predicted octanol–water partition coefficient (Wildman–Crippen LogP) is 4.84. The highest BCUT2D eigenvalue weighted by Gasteiger charge is 2.13. The van der Waals surface area contributed by atoms with Crippen LogP contribution in [0.5, 0.6) is 0 Å². The average Bonchev–Trinajstić information content (AvgIpc) is 3.15. The Labute approximate surface area is 171 Å².